The SMILES string of the molecule is Cc1noc(-c2ccc3c(c2)N(C)C(=O)C(N)CO3)n1. The van der Waals surface area contributed by atoms with E-state index in [2.05, 4.69) is 10.1 Å². The average Bonchev–Trinajstić information content (AvgIpc) is 2.85. The molecule has 1 aliphatic heterocycles. The summed E-state index contributed by atoms with van der Waals surface area (Å²) in [6.07, 6.45) is 0. The van der Waals surface area contributed by atoms with E-state index in [9.17, 15) is 4.79 Å². The van der Waals surface area contributed by atoms with Crippen molar-refractivity contribution in [1.29, 1.82) is 0 Å². The highest BCUT2D eigenvalue weighted by Gasteiger charge is 2.27. The summed E-state index contributed by atoms with van der Waals surface area (Å²) in [6.45, 7) is 1.91. The predicted molar refractivity (Wildman–Crippen MR) is 71.4 cm³/mol. The van der Waals surface area contributed by atoms with Gasteiger partial charge in [0.1, 0.15) is 18.4 Å². The molecule has 1 aromatic heterocycles. The van der Waals surface area contributed by atoms with E-state index in [-0.39, 0.29) is 12.5 Å². The highest BCUT2D eigenvalue weighted by molar-refractivity contribution is 5.99. The monoisotopic (exact) mass is 274 g/mol. The first-order valence-electron chi connectivity index (χ1n) is 6.17. The van der Waals surface area contributed by atoms with Crippen LogP contribution in [0.5, 0.6) is 5.75 Å². The fourth-order valence-electron chi connectivity index (χ4n) is 2.07. The smallest absolute Gasteiger partial charge is 0.257 e. The van der Waals surface area contributed by atoms with Crippen molar-refractivity contribution in [2.24, 2.45) is 5.73 Å². The first kappa shape index (κ1) is 12.6. The minimum Gasteiger partial charge on any atom is -0.489 e. The molecule has 1 amide bonds. The summed E-state index contributed by atoms with van der Waals surface area (Å²) in [5, 5.41) is 3.75. The lowest BCUT2D eigenvalue weighted by molar-refractivity contribution is -0.119. The standard InChI is InChI=1S/C13H14N4O3/c1-7-15-12(20-16-7)8-3-4-11-10(5-8)17(2)13(18)9(14)6-19-11/h3-5,9H,6,14H2,1-2H3. The van der Waals surface area contributed by atoms with Gasteiger partial charge in [0.2, 0.25) is 5.91 Å². The summed E-state index contributed by atoms with van der Waals surface area (Å²) in [5.41, 5.74) is 7.10. The number of fused-ring (bicyclic) bond motifs is 1. The maximum atomic E-state index is 12.0. The van der Waals surface area contributed by atoms with E-state index >= 15 is 0 Å². The van der Waals surface area contributed by atoms with Crippen LogP contribution in [0.25, 0.3) is 11.5 Å². The third-order valence-electron chi connectivity index (χ3n) is 3.16. The van der Waals surface area contributed by atoms with Gasteiger partial charge in [0.05, 0.1) is 5.69 Å². The number of aryl methyl sites for hydroxylation is 1. The third-order valence-corrected chi connectivity index (χ3v) is 3.16. The van der Waals surface area contributed by atoms with Gasteiger partial charge in [-0.15, -0.1) is 0 Å². The molecule has 0 fully saturated rings. The molecule has 7 heteroatoms. The molecule has 2 heterocycles. The second-order valence-electron chi connectivity index (χ2n) is 4.64. The van der Waals surface area contributed by atoms with Gasteiger partial charge < -0.3 is 19.9 Å². The number of amides is 1. The number of anilines is 1. The van der Waals surface area contributed by atoms with Crippen molar-refractivity contribution in [2.45, 2.75) is 13.0 Å². The molecule has 0 saturated carbocycles. The molecule has 104 valence electrons. The maximum absolute atomic E-state index is 12.0. The summed E-state index contributed by atoms with van der Waals surface area (Å²) in [4.78, 5) is 17.7. The zero-order valence-corrected chi connectivity index (χ0v) is 11.2. The van der Waals surface area contributed by atoms with Crippen LogP contribution in [-0.2, 0) is 4.79 Å². The Hall–Kier alpha value is -2.41. The Morgan fingerprint density at radius 1 is 1.45 bits per heavy atom. The van der Waals surface area contributed by atoms with Crippen LogP contribution in [0.4, 0.5) is 5.69 Å². The first-order chi connectivity index (χ1) is 9.56. The predicted octanol–water partition coefficient (Wildman–Crippen LogP) is 0.728. The number of nitrogens with two attached hydrogens (primary N) is 1. The topological polar surface area (TPSA) is 94.5 Å². The van der Waals surface area contributed by atoms with Crippen LogP contribution in [0, 0.1) is 6.92 Å². The summed E-state index contributed by atoms with van der Waals surface area (Å²) < 4.78 is 10.7. The number of carbonyl (C=O) groups excluding carboxylic acids is 1. The summed E-state index contributed by atoms with van der Waals surface area (Å²) in [5.74, 6) is 1.37. The first-order valence-corrected chi connectivity index (χ1v) is 6.17. The molecular formula is C13H14N4O3. The van der Waals surface area contributed by atoms with Crippen LogP contribution in [0.3, 0.4) is 0 Å². The van der Waals surface area contributed by atoms with E-state index in [0.717, 1.165) is 5.56 Å². The molecule has 0 spiro atoms. The molecule has 20 heavy (non-hydrogen) atoms. The van der Waals surface area contributed by atoms with Gasteiger partial charge in [0, 0.05) is 12.6 Å². The number of likely N-dealkylation sites (N-methyl/N-ethyl adjacent to an activating group) is 1. The van der Waals surface area contributed by atoms with Gasteiger partial charge in [-0.25, -0.2) is 0 Å². The molecular weight excluding hydrogens is 260 g/mol. The van der Waals surface area contributed by atoms with Crippen molar-refractivity contribution in [2.75, 3.05) is 18.6 Å². The number of carbonyl (C=O) groups is 1. The lowest BCUT2D eigenvalue weighted by Crippen LogP contribution is -2.43. The van der Waals surface area contributed by atoms with Gasteiger partial charge in [0.15, 0.2) is 5.82 Å². The quantitative estimate of drug-likeness (QED) is 0.823. The molecule has 0 bridgehead atoms. The Morgan fingerprint density at radius 2 is 2.25 bits per heavy atom. The van der Waals surface area contributed by atoms with Crippen LogP contribution in [-0.4, -0.2) is 35.7 Å². The molecule has 1 atom stereocenters. The number of hydrogen-bond donors (Lipinski definition) is 1. The molecule has 3 rings (SSSR count). The number of ether oxygens (including phenoxy) is 1. The lowest BCUT2D eigenvalue weighted by atomic mass is 10.1. The lowest BCUT2D eigenvalue weighted by Gasteiger charge is -2.17. The molecule has 7 nitrogen and oxygen atoms in total. The number of benzene rings is 1. The van der Waals surface area contributed by atoms with Gasteiger partial charge in [-0.05, 0) is 25.1 Å². The van der Waals surface area contributed by atoms with Crippen molar-refractivity contribution < 1.29 is 14.1 Å². The van der Waals surface area contributed by atoms with Crippen LogP contribution in [0.2, 0.25) is 0 Å². The second-order valence-corrected chi connectivity index (χ2v) is 4.64. The Balaban J connectivity index is 2.06. The zero-order chi connectivity index (χ0) is 14.3. The Morgan fingerprint density at radius 3 is 2.95 bits per heavy atom. The van der Waals surface area contributed by atoms with Crippen LogP contribution in [0.15, 0.2) is 22.7 Å². The summed E-state index contributed by atoms with van der Waals surface area (Å²) >= 11 is 0. The Labute approximate surface area is 115 Å². The molecule has 2 aromatic rings. The summed E-state index contributed by atoms with van der Waals surface area (Å²) in [7, 11) is 1.67. The molecule has 0 aliphatic carbocycles. The van der Waals surface area contributed by atoms with Crippen molar-refractivity contribution in [3.8, 4) is 17.2 Å². The molecule has 0 saturated heterocycles. The minimum absolute atomic E-state index is 0.162. The minimum atomic E-state index is -0.665. The van der Waals surface area contributed by atoms with Crippen molar-refractivity contribution in [1.82, 2.24) is 10.1 Å². The highest BCUT2D eigenvalue weighted by atomic mass is 16.5. The maximum Gasteiger partial charge on any atom is 0.257 e. The van der Waals surface area contributed by atoms with Gasteiger partial charge in [0.25, 0.3) is 5.89 Å². The third kappa shape index (κ3) is 2.01. The van der Waals surface area contributed by atoms with Crippen LogP contribution < -0.4 is 15.4 Å². The van der Waals surface area contributed by atoms with Gasteiger partial charge in [-0.2, -0.15) is 4.98 Å². The van der Waals surface area contributed by atoms with Gasteiger partial charge in [-0.3, -0.25) is 4.79 Å². The molecule has 1 unspecified atom stereocenters. The Bertz CT molecular complexity index is 667. The highest BCUT2D eigenvalue weighted by Crippen LogP contribution is 2.34. The van der Waals surface area contributed by atoms with Gasteiger partial charge in [-0.1, -0.05) is 5.16 Å². The van der Waals surface area contributed by atoms with Crippen LogP contribution >= 0.6 is 0 Å². The number of hydrogen-bond acceptors (Lipinski definition) is 6. The largest absolute Gasteiger partial charge is 0.489 e. The van der Waals surface area contributed by atoms with E-state index in [4.69, 9.17) is 15.0 Å². The van der Waals surface area contributed by atoms with Crippen LogP contribution in [0.1, 0.15) is 5.82 Å². The molecule has 2 N–H and O–H groups in total. The molecule has 0 radical (unpaired) electrons. The van der Waals surface area contributed by atoms with Crippen molar-refractivity contribution in [3.05, 3.63) is 24.0 Å². The van der Waals surface area contributed by atoms with Gasteiger partial charge >= 0.3 is 0 Å². The van der Waals surface area contributed by atoms with E-state index in [1.54, 1.807) is 32.2 Å². The summed E-state index contributed by atoms with van der Waals surface area (Å²) in [6, 6.07) is 4.69. The van der Waals surface area contributed by atoms with Crippen molar-refractivity contribution in [3.63, 3.8) is 0 Å². The number of nitrogens with zero attached hydrogens (tertiary/aromatic N) is 3. The molecule has 1 aromatic carbocycles. The normalized spacial score (nSPS) is 18.4. The fraction of sp³-hybridized carbons (Fsp3) is 0.308. The number of rotatable bonds is 1. The fourth-order valence-corrected chi connectivity index (χ4v) is 2.07. The van der Waals surface area contributed by atoms with E-state index in [1.165, 1.54) is 4.90 Å². The van der Waals surface area contributed by atoms with E-state index in [1.807, 2.05) is 0 Å². The van der Waals surface area contributed by atoms with Crippen molar-refractivity contribution >= 4 is 11.6 Å². The second kappa shape index (κ2) is 4.61. The van der Waals surface area contributed by atoms with E-state index in [0.29, 0.717) is 23.2 Å². The zero-order valence-electron chi connectivity index (χ0n) is 11.2. The average molecular weight is 274 g/mol. The Kier molecular flexibility index (Phi) is 2.90. The number of aromatic nitrogens is 2. The van der Waals surface area contributed by atoms with E-state index < -0.39 is 6.04 Å². The molecule has 1 aliphatic rings.